The number of sulfonamides is 1. The number of benzene rings is 1. The number of nitrogen functional groups attached to an aromatic ring is 1. The van der Waals surface area contributed by atoms with Gasteiger partial charge in [-0.05, 0) is 31.0 Å². The lowest BCUT2D eigenvalue weighted by atomic mass is 10.2. The first-order valence-electron chi connectivity index (χ1n) is 5.97. The first kappa shape index (κ1) is 15.4. The zero-order valence-corrected chi connectivity index (χ0v) is 12.9. The Morgan fingerprint density at radius 2 is 1.85 bits per heavy atom. The standard InChI is InChI=1S/C11H15ClN2O4S2/c12-8-1-2-10(13)11(7-8)14-20(17,18)9-3-5-19(15,16)6-4-9/h1-2,7,9,14H,3-6,13H2. The Morgan fingerprint density at radius 1 is 1.25 bits per heavy atom. The van der Waals surface area contributed by atoms with Crippen LogP contribution in [-0.4, -0.2) is 33.6 Å². The Morgan fingerprint density at radius 3 is 2.45 bits per heavy atom. The van der Waals surface area contributed by atoms with E-state index in [0.717, 1.165) is 0 Å². The third-order valence-electron chi connectivity index (χ3n) is 3.21. The number of hydrogen-bond donors (Lipinski definition) is 2. The Labute approximate surface area is 123 Å². The van der Waals surface area contributed by atoms with Crippen LogP contribution in [0, 0.1) is 0 Å². The molecule has 6 nitrogen and oxygen atoms in total. The van der Waals surface area contributed by atoms with Crippen LogP contribution in [0.3, 0.4) is 0 Å². The van der Waals surface area contributed by atoms with Gasteiger partial charge in [-0.25, -0.2) is 16.8 Å². The number of sulfone groups is 1. The molecule has 0 spiro atoms. The maximum atomic E-state index is 12.2. The van der Waals surface area contributed by atoms with Crippen LogP contribution < -0.4 is 10.5 Å². The van der Waals surface area contributed by atoms with E-state index in [9.17, 15) is 16.8 Å². The zero-order valence-electron chi connectivity index (χ0n) is 10.5. The van der Waals surface area contributed by atoms with E-state index in [-0.39, 0.29) is 35.7 Å². The van der Waals surface area contributed by atoms with Gasteiger partial charge in [-0.3, -0.25) is 4.72 Å². The van der Waals surface area contributed by atoms with E-state index < -0.39 is 25.1 Å². The normalized spacial score (nSPS) is 19.6. The topological polar surface area (TPSA) is 106 Å². The number of halogens is 1. The van der Waals surface area contributed by atoms with Crippen LogP contribution in [0.15, 0.2) is 18.2 Å². The molecule has 1 aliphatic heterocycles. The second-order valence-electron chi connectivity index (χ2n) is 4.73. The summed E-state index contributed by atoms with van der Waals surface area (Å²) < 4.78 is 49.5. The highest BCUT2D eigenvalue weighted by Gasteiger charge is 2.33. The molecule has 1 heterocycles. The number of anilines is 2. The molecule has 0 unspecified atom stereocenters. The first-order chi connectivity index (χ1) is 9.20. The minimum Gasteiger partial charge on any atom is -0.397 e. The van der Waals surface area contributed by atoms with E-state index >= 15 is 0 Å². The highest BCUT2D eigenvalue weighted by atomic mass is 35.5. The molecule has 3 N–H and O–H groups in total. The van der Waals surface area contributed by atoms with E-state index in [1.165, 1.54) is 12.1 Å². The van der Waals surface area contributed by atoms with Crippen molar-refractivity contribution in [3.8, 4) is 0 Å². The zero-order chi connectivity index (χ0) is 15.0. The molecule has 0 aliphatic carbocycles. The SMILES string of the molecule is Nc1ccc(Cl)cc1NS(=O)(=O)C1CCS(=O)(=O)CC1. The molecule has 1 fully saturated rings. The van der Waals surface area contributed by atoms with Crippen LogP contribution in [0.25, 0.3) is 0 Å². The van der Waals surface area contributed by atoms with Crippen molar-refractivity contribution in [2.75, 3.05) is 22.0 Å². The molecular formula is C11H15ClN2O4S2. The molecule has 0 atom stereocenters. The Balaban J connectivity index is 2.18. The highest BCUT2D eigenvalue weighted by Crippen LogP contribution is 2.27. The number of nitrogens with two attached hydrogens (primary N) is 1. The summed E-state index contributed by atoms with van der Waals surface area (Å²) in [6.45, 7) is 0. The van der Waals surface area contributed by atoms with Gasteiger partial charge in [-0.1, -0.05) is 11.6 Å². The Bertz CT molecular complexity index is 702. The minimum atomic E-state index is -3.68. The van der Waals surface area contributed by atoms with Crippen LogP contribution in [0.5, 0.6) is 0 Å². The second kappa shape index (κ2) is 5.42. The summed E-state index contributed by atoms with van der Waals surface area (Å²) in [7, 11) is -6.78. The van der Waals surface area contributed by atoms with Crippen molar-refractivity contribution < 1.29 is 16.8 Å². The molecule has 0 bridgehead atoms. The van der Waals surface area contributed by atoms with E-state index in [1.807, 2.05) is 0 Å². The van der Waals surface area contributed by atoms with Gasteiger partial charge in [0.2, 0.25) is 10.0 Å². The van der Waals surface area contributed by atoms with Crippen LogP contribution in [0.2, 0.25) is 5.02 Å². The van der Waals surface area contributed by atoms with Crippen molar-refractivity contribution in [3.05, 3.63) is 23.2 Å². The quantitative estimate of drug-likeness (QED) is 0.806. The Kier molecular flexibility index (Phi) is 4.17. The van der Waals surface area contributed by atoms with Gasteiger partial charge in [0.05, 0.1) is 28.1 Å². The van der Waals surface area contributed by atoms with E-state index in [4.69, 9.17) is 17.3 Å². The predicted molar refractivity (Wildman–Crippen MR) is 80.1 cm³/mol. The van der Waals surface area contributed by atoms with Gasteiger partial charge in [-0.2, -0.15) is 0 Å². The van der Waals surface area contributed by atoms with Gasteiger partial charge in [0.15, 0.2) is 0 Å². The van der Waals surface area contributed by atoms with Gasteiger partial charge in [0.1, 0.15) is 9.84 Å². The van der Waals surface area contributed by atoms with Crippen molar-refractivity contribution in [1.82, 2.24) is 0 Å². The molecule has 1 aromatic carbocycles. The molecule has 112 valence electrons. The molecule has 1 saturated heterocycles. The third-order valence-corrected chi connectivity index (χ3v) is 7.01. The average molecular weight is 339 g/mol. The van der Waals surface area contributed by atoms with Crippen molar-refractivity contribution >= 4 is 42.8 Å². The summed E-state index contributed by atoms with van der Waals surface area (Å²) in [6.07, 6.45) is 0.191. The summed E-state index contributed by atoms with van der Waals surface area (Å²) in [6, 6.07) is 4.49. The molecule has 0 radical (unpaired) electrons. The molecule has 0 aromatic heterocycles. The maximum absolute atomic E-state index is 12.2. The summed E-state index contributed by atoms with van der Waals surface area (Å²) in [4.78, 5) is 0. The largest absolute Gasteiger partial charge is 0.397 e. The van der Waals surface area contributed by atoms with Crippen LogP contribution in [0.1, 0.15) is 12.8 Å². The first-order valence-corrected chi connectivity index (χ1v) is 9.71. The van der Waals surface area contributed by atoms with Crippen molar-refractivity contribution in [2.24, 2.45) is 0 Å². The summed E-state index contributed by atoms with van der Waals surface area (Å²) in [5.41, 5.74) is 6.17. The molecule has 9 heteroatoms. The fraction of sp³-hybridized carbons (Fsp3) is 0.455. The average Bonchev–Trinajstić information content (AvgIpc) is 2.33. The number of rotatable bonds is 3. The van der Waals surface area contributed by atoms with Crippen molar-refractivity contribution in [2.45, 2.75) is 18.1 Å². The molecule has 1 aliphatic rings. The highest BCUT2D eigenvalue weighted by molar-refractivity contribution is 7.94. The number of nitrogens with one attached hydrogen (secondary N) is 1. The monoisotopic (exact) mass is 338 g/mol. The molecular weight excluding hydrogens is 324 g/mol. The van der Waals surface area contributed by atoms with Crippen molar-refractivity contribution in [3.63, 3.8) is 0 Å². The summed E-state index contributed by atoms with van der Waals surface area (Å²) in [5.74, 6) is -0.215. The molecule has 2 rings (SSSR count). The molecule has 0 saturated carbocycles. The fourth-order valence-electron chi connectivity index (χ4n) is 2.03. The third kappa shape index (κ3) is 3.56. The summed E-state index contributed by atoms with van der Waals surface area (Å²) in [5, 5.41) is -0.368. The smallest absolute Gasteiger partial charge is 0.235 e. The second-order valence-corrected chi connectivity index (χ2v) is 9.43. The van der Waals surface area contributed by atoms with Gasteiger partial charge in [-0.15, -0.1) is 0 Å². The lowest BCUT2D eigenvalue weighted by molar-refractivity contribution is 0.555. The number of hydrogen-bond acceptors (Lipinski definition) is 5. The Hall–Kier alpha value is -0.990. The van der Waals surface area contributed by atoms with Crippen LogP contribution >= 0.6 is 11.6 Å². The van der Waals surface area contributed by atoms with Gasteiger partial charge >= 0.3 is 0 Å². The van der Waals surface area contributed by atoms with Gasteiger partial charge in [0, 0.05) is 5.02 Å². The lowest BCUT2D eigenvalue weighted by Crippen LogP contribution is -2.36. The van der Waals surface area contributed by atoms with Crippen molar-refractivity contribution in [1.29, 1.82) is 0 Å². The lowest BCUT2D eigenvalue weighted by Gasteiger charge is -2.23. The fourth-order valence-corrected chi connectivity index (χ4v) is 5.50. The molecule has 0 amide bonds. The minimum absolute atomic E-state index is 0.0954. The van der Waals surface area contributed by atoms with Gasteiger partial charge in [0.25, 0.3) is 0 Å². The maximum Gasteiger partial charge on any atom is 0.235 e. The van der Waals surface area contributed by atoms with Crippen LogP contribution in [0.4, 0.5) is 11.4 Å². The van der Waals surface area contributed by atoms with E-state index in [2.05, 4.69) is 4.72 Å². The summed E-state index contributed by atoms with van der Waals surface area (Å²) >= 11 is 5.80. The van der Waals surface area contributed by atoms with E-state index in [0.29, 0.717) is 5.02 Å². The van der Waals surface area contributed by atoms with Crippen LogP contribution in [-0.2, 0) is 19.9 Å². The molecule has 20 heavy (non-hydrogen) atoms. The molecule has 1 aromatic rings. The van der Waals surface area contributed by atoms with Gasteiger partial charge < -0.3 is 5.73 Å². The predicted octanol–water partition coefficient (Wildman–Crippen LogP) is 1.24. The van der Waals surface area contributed by atoms with E-state index in [1.54, 1.807) is 6.07 Å².